The van der Waals surface area contributed by atoms with E-state index >= 15 is 0 Å². The fraction of sp³-hybridized carbons (Fsp3) is 0.344. The highest BCUT2D eigenvalue weighted by Gasteiger charge is 2.27. The van der Waals surface area contributed by atoms with Crippen molar-refractivity contribution in [2.24, 2.45) is 0 Å². The maximum Gasteiger partial charge on any atom is 0.410 e. The Kier molecular flexibility index (Phi) is 8.31. The maximum absolute atomic E-state index is 12.8. The van der Waals surface area contributed by atoms with Gasteiger partial charge in [0.1, 0.15) is 11.4 Å². The molecular formula is C32H37N5O5S. The van der Waals surface area contributed by atoms with E-state index in [1.165, 1.54) is 24.0 Å². The highest BCUT2D eigenvalue weighted by molar-refractivity contribution is 7.89. The van der Waals surface area contributed by atoms with Crippen molar-refractivity contribution in [3.05, 3.63) is 82.8 Å². The average Bonchev–Trinajstić information content (AvgIpc) is 2.96. The van der Waals surface area contributed by atoms with Gasteiger partial charge in [0, 0.05) is 44.6 Å². The number of hydrogen-bond acceptors (Lipinski definition) is 7. The van der Waals surface area contributed by atoms with Gasteiger partial charge in [-0.25, -0.2) is 22.5 Å². The number of nitrogens with zero attached hydrogens (tertiary/aromatic N) is 3. The first-order valence-electron chi connectivity index (χ1n) is 14.2. The molecule has 2 aromatic heterocycles. The van der Waals surface area contributed by atoms with Crippen molar-refractivity contribution in [1.29, 1.82) is 0 Å². The van der Waals surface area contributed by atoms with Gasteiger partial charge in [-0.05, 0) is 86.9 Å². The van der Waals surface area contributed by atoms with E-state index in [1.807, 2.05) is 45.0 Å². The molecule has 1 aliphatic rings. The second-order valence-corrected chi connectivity index (χ2v) is 14.1. The Labute approximate surface area is 251 Å². The average molecular weight is 604 g/mol. The number of carbonyl (C=O) groups excluding carboxylic acids is 1. The molecule has 10 nitrogen and oxygen atoms in total. The molecule has 226 valence electrons. The van der Waals surface area contributed by atoms with Gasteiger partial charge in [-0.3, -0.25) is 4.79 Å². The highest BCUT2D eigenvalue weighted by atomic mass is 32.2. The molecule has 0 aliphatic carbocycles. The van der Waals surface area contributed by atoms with Crippen LogP contribution in [0.15, 0.2) is 76.6 Å². The molecule has 5 rings (SSSR count). The normalized spacial score (nSPS) is 14.7. The SMILES string of the molecule is CN(C)S(=O)(=O)c1ccc(-c2cc3cc[nH]c(=O)c3c(Nc3ccc(C4CCN(C(=O)OC(C)(C)C)CC4)cc3)n2)cc1. The van der Waals surface area contributed by atoms with Crippen LogP contribution in [-0.2, 0) is 14.8 Å². The maximum atomic E-state index is 12.8. The summed E-state index contributed by atoms with van der Waals surface area (Å²) in [5.74, 6) is 0.731. The van der Waals surface area contributed by atoms with E-state index in [0.29, 0.717) is 41.3 Å². The number of sulfonamides is 1. The summed E-state index contributed by atoms with van der Waals surface area (Å²) in [6.07, 6.45) is 3.03. The van der Waals surface area contributed by atoms with Crippen molar-refractivity contribution in [2.75, 3.05) is 32.5 Å². The van der Waals surface area contributed by atoms with Crippen LogP contribution in [0.3, 0.4) is 0 Å². The van der Waals surface area contributed by atoms with Crippen molar-refractivity contribution < 1.29 is 17.9 Å². The topological polar surface area (TPSA) is 125 Å². The largest absolute Gasteiger partial charge is 0.444 e. The van der Waals surface area contributed by atoms with Crippen LogP contribution in [-0.4, -0.2) is 66.5 Å². The van der Waals surface area contributed by atoms with Crippen LogP contribution in [0.1, 0.15) is 45.1 Å². The van der Waals surface area contributed by atoms with Gasteiger partial charge in [-0.2, -0.15) is 0 Å². The van der Waals surface area contributed by atoms with Crippen molar-refractivity contribution in [3.8, 4) is 11.3 Å². The van der Waals surface area contributed by atoms with Crippen LogP contribution in [0.5, 0.6) is 0 Å². The number of amides is 1. The smallest absolute Gasteiger partial charge is 0.410 e. The summed E-state index contributed by atoms with van der Waals surface area (Å²) in [5.41, 5.74) is 2.50. The van der Waals surface area contributed by atoms with Gasteiger partial charge in [-0.15, -0.1) is 0 Å². The molecule has 43 heavy (non-hydrogen) atoms. The zero-order chi connectivity index (χ0) is 30.9. The number of H-pyrrole nitrogens is 1. The second kappa shape index (κ2) is 11.8. The number of ether oxygens (including phenoxy) is 1. The Balaban J connectivity index is 1.36. The molecule has 4 aromatic rings. The van der Waals surface area contributed by atoms with Gasteiger partial charge in [0.15, 0.2) is 0 Å². The fourth-order valence-electron chi connectivity index (χ4n) is 5.16. The predicted molar refractivity (Wildman–Crippen MR) is 168 cm³/mol. The number of aromatic amines is 1. The fourth-order valence-corrected chi connectivity index (χ4v) is 6.06. The molecule has 2 aromatic carbocycles. The lowest BCUT2D eigenvalue weighted by Gasteiger charge is -2.33. The number of anilines is 2. The number of pyridine rings is 2. The van der Waals surface area contributed by atoms with E-state index in [1.54, 1.807) is 35.4 Å². The monoisotopic (exact) mass is 603 g/mol. The Morgan fingerprint density at radius 2 is 1.67 bits per heavy atom. The van der Waals surface area contributed by atoms with Gasteiger partial charge in [-0.1, -0.05) is 24.3 Å². The van der Waals surface area contributed by atoms with Crippen molar-refractivity contribution >= 4 is 38.4 Å². The summed E-state index contributed by atoms with van der Waals surface area (Å²) in [4.78, 5) is 34.7. The van der Waals surface area contributed by atoms with Gasteiger partial charge in [0.05, 0.1) is 16.0 Å². The van der Waals surface area contributed by atoms with Gasteiger partial charge >= 0.3 is 6.09 Å². The lowest BCUT2D eigenvalue weighted by Crippen LogP contribution is -2.41. The summed E-state index contributed by atoms with van der Waals surface area (Å²) in [6, 6.07) is 18.2. The van der Waals surface area contributed by atoms with Gasteiger partial charge in [0.25, 0.3) is 5.56 Å². The third-order valence-corrected chi connectivity index (χ3v) is 9.30. The number of piperidine rings is 1. The molecule has 0 bridgehead atoms. The molecule has 11 heteroatoms. The Morgan fingerprint density at radius 1 is 1.02 bits per heavy atom. The Bertz CT molecular complexity index is 1790. The summed E-state index contributed by atoms with van der Waals surface area (Å²) in [6.45, 7) is 6.91. The van der Waals surface area contributed by atoms with Gasteiger partial charge < -0.3 is 19.9 Å². The standard InChI is InChI=1S/C32H37N5O5S/c1-32(2,3)42-31(39)37-18-15-22(16-19-37)21-6-10-25(11-7-21)34-29-28-24(14-17-33-30(28)38)20-27(35-29)23-8-12-26(13-9-23)43(40,41)36(4)5/h6-14,17,20,22H,15-16,18-19H2,1-5H3,(H,33,38)(H,34,35). The Morgan fingerprint density at radius 3 is 2.28 bits per heavy atom. The molecule has 0 radical (unpaired) electrons. The molecule has 1 fully saturated rings. The highest BCUT2D eigenvalue weighted by Crippen LogP contribution is 2.32. The molecule has 0 atom stereocenters. The number of fused-ring (bicyclic) bond motifs is 1. The van der Waals surface area contributed by atoms with E-state index in [2.05, 4.69) is 22.4 Å². The zero-order valence-corrected chi connectivity index (χ0v) is 25.9. The number of aromatic nitrogens is 2. The van der Waals surface area contributed by atoms with Crippen molar-refractivity contribution in [3.63, 3.8) is 0 Å². The molecule has 1 amide bonds. The lowest BCUT2D eigenvalue weighted by atomic mass is 9.89. The lowest BCUT2D eigenvalue weighted by molar-refractivity contribution is 0.0205. The third kappa shape index (κ3) is 6.73. The first-order valence-corrected chi connectivity index (χ1v) is 15.7. The minimum absolute atomic E-state index is 0.187. The van der Waals surface area contributed by atoms with Crippen LogP contribution in [0.25, 0.3) is 22.0 Å². The van der Waals surface area contributed by atoms with Crippen LogP contribution in [0.4, 0.5) is 16.3 Å². The summed E-state index contributed by atoms with van der Waals surface area (Å²) < 4.78 is 31.7. The van der Waals surface area contributed by atoms with Crippen molar-refractivity contribution in [2.45, 2.75) is 50.0 Å². The number of rotatable bonds is 6. The zero-order valence-electron chi connectivity index (χ0n) is 25.0. The predicted octanol–water partition coefficient (Wildman–Crippen LogP) is 5.70. The molecule has 1 saturated heterocycles. The minimum atomic E-state index is -3.56. The van der Waals surface area contributed by atoms with E-state index in [9.17, 15) is 18.0 Å². The van der Waals surface area contributed by atoms with Crippen molar-refractivity contribution in [1.82, 2.24) is 19.2 Å². The van der Waals surface area contributed by atoms with Crippen LogP contribution in [0, 0.1) is 0 Å². The first-order chi connectivity index (χ1) is 20.3. The number of hydrogen-bond donors (Lipinski definition) is 2. The van der Waals surface area contributed by atoms with Crippen LogP contribution < -0.4 is 10.9 Å². The molecular weight excluding hydrogens is 566 g/mol. The van der Waals surface area contributed by atoms with E-state index in [4.69, 9.17) is 9.72 Å². The summed E-state index contributed by atoms with van der Waals surface area (Å²) >= 11 is 0. The first kappa shape index (κ1) is 30.2. The van der Waals surface area contributed by atoms with E-state index in [-0.39, 0.29) is 16.5 Å². The number of likely N-dealkylation sites (tertiary alicyclic amines) is 1. The molecule has 0 spiro atoms. The summed E-state index contributed by atoms with van der Waals surface area (Å²) in [7, 11) is -0.575. The molecule has 2 N–H and O–H groups in total. The molecule has 1 aliphatic heterocycles. The summed E-state index contributed by atoms with van der Waals surface area (Å²) in [5, 5.41) is 4.45. The molecule has 0 unspecified atom stereocenters. The van der Waals surface area contributed by atoms with E-state index in [0.717, 1.165) is 24.1 Å². The second-order valence-electron chi connectivity index (χ2n) is 11.9. The number of nitrogens with one attached hydrogen (secondary N) is 2. The third-order valence-electron chi connectivity index (χ3n) is 7.47. The Hall–Kier alpha value is -4.22. The number of carbonyl (C=O) groups is 1. The number of benzene rings is 2. The van der Waals surface area contributed by atoms with Crippen LogP contribution >= 0.6 is 0 Å². The van der Waals surface area contributed by atoms with E-state index < -0.39 is 15.6 Å². The van der Waals surface area contributed by atoms with Gasteiger partial charge in [0.2, 0.25) is 10.0 Å². The molecule has 0 saturated carbocycles. The van der Waals surface area contributed by atoms with Crippen LogP contribution in [0.2, 0.25) is 0 Å². The minimum Gasteiger partial charge on any atom is -0.444 e. The quantitative estimate of drug-likeness (QED) is 0.290. The molecule has 3 heterocycles.